The third-order valence-electron chi connectivity index (χ3n) is 4.67. The van der Waals surface area contributed by atoms with Crippen LogP contribution in [0.25, 0.3) is 0 Å². The van der Waals surface area contributed by atoms with E-state index in [1.807, 2.05) is 18.7 Å². The number of halogens is 2. The van der Waals surface area contributed by atoms with Crippen molar-refractivity contribution in [2.45, 2.75) is 64.5 Å². The van der Waals surface area contributed by atoms with Crippen LogP contribution in [0.4, 0.5) is 0 Å². The van der Waals surface area contributed by atoms with Crippen molar-refractivity contribution in [3.63, 3.8) is 0 Å². The summed E-state index contributed by atoms with van der Waals surface area (Å²) in [6, 6.07) is -0.204. The first-order valence-corrected chi connectivity index (χ1v) is 8.92. The molecule has 3 atom stereocenters. The molecule has 1 amide bonds. The number of amides is 1. The van der Waals surface area contributed by atoms with Crippen molar-refractivity contribution in [3.05, 3.63) is 23.8 Å². The Morgan fingerprint density at radius 1 is 1.37 bits per heavy atom. The predicted octanol–water partition coefficient (Wildman–Crippen LogP) is 2.39. The van der Waals surface area contributed by atoms with Crippen molar-refractivity contribution in [1.82, 2.24) is 14.9 Å². The molecule has 2 N–H and O–H groups in total. The van der Waals surface area contributed by atoms with Gasteiger partial charge in [-0.1, -0.05) is 0 Å². The van der Waals surface area contributed by atoms with E-state index < -0.39 is 0 Å². The van der Waals surface area contributed by atoms with Crippen LogP contribution in [0.2, 0.25) is 0 Å². The van der Waals surface area contributed by atoms with Gasteiger partial charge in [-0.3, -0.25) is 9.59 Å². The first kappa shape index (κ1) is 25.6. The maximum atomic E-state index is 12.1. The average molecular weight is 421 g/mol. The molecule has 1 aliphatic heterocycles. The van der Waals surface area contributed by atoms with Gasteiger partial charge in [0.05, 0.1) is 19.1 Å². The zero-order valence-electron chi connectivity index (χ0n) is 16.1. The van der Waals surface area contributed by atoms with Gasteiger partial charge in [0, 0.05) is 25.0 Å². The minimum atomic E-state index is -0.379. The summed E-state index contributed by atoms with van der Waals surface area (Å²) in [6.45, 7) is 6.67. The molecule has 0 aromatic carbocycles. The molecule has 1 aromatic rings. The van der Waals surface area contributed by atoms with Gasteiger partial charge in [0.2, 0.25) is 5.91 Å². The Bertz CT molecular complexity index is 601. The minimum Gasteiger partial charge on any atom is -0.466 e. The highest BCUT2D eigenvalue weighted by Gasteiger charge is 2.34. The Labute approximate surface area is 173 Å². The van der Waals surface area contributed by atoms with Crippen molar-refractivity contribution in [1.29, 1.82) is 0 Å². The molecule has 1 saturated heterocycles. The van der Waals surface area contributed by atoms with E-state index in [9.17, 15) is 9.59 Å². The van der Waals surface area contributed by atoms with Gasteiger partial charge < -0.3 is 15.4 Å². The molecular weight excluding hydrogens is 391 g/mol. The number of carbonyl (C=O) groups is 2. The predicted molar refractivity (Wildman–Crippen MR) is 108 cm³/mol. The molecule has 0 bridgehead atoms. The lowest BCUT2D eigenvalue weighted by molar-refractivity contribution is -0.143. The fourth-order valence-corrected chi connectivity index (χ4v) is 3.29. The Balaban J connectivity index is 0.00000338. The summed E-state index contributed by atoms with van der Waals surface area (Å²) in [4.78, 5) is 34.3. The second-order valence-electron chi connectivity index (χ2n) is 6.63. The highest BCUT2D eigenvalue weighted by atomic mass is 35.5. The van der Waals surface area contributed by atoms with Crippen LogP contribution in [0.3, 0.4) is 0 Å². The van der Waals surface area contributed by atoms with Gasteiger partial charge in [-0.2, -0.15) is 0 Å². The van der Waals surface area contributed by atoms with Gasteiger partial charge in [-0.25, -0.2) is 9.97 Å². The maximum absolute atomic E-state index is 12.1. The molecule has 0 aliphatic carbocycles. The maximum Gasteiger partial charge on any atom is 0.306 e. The lowest BCUT2D eigenvalue weighted by atomic mass is 9.93. The molecule has 1 fully saturated rings. The van der Waals surface area contributed by atoms with Gasteiger partial charge in [-0.15, -0.1) is 24.8 Å². The smallest absolute Gasteiger partial charge is 0.306 e. The summed E-state index contributed by atoms with van der Waals surface area (Å²) >= 11 is 0. The average Bonchev–Trinajstić information content (AvgIpc) is 2.81. The van der Waals surface area contributed by atoms with E-state index in [1.54, 1.807) is 19.3 Å². The highest BCUT2D eigenvalue weighted by molar-refractivity contribution is 5.85. The standard InChI is InChI=1S/C18H28N4O3.2ClH/c1-4-25-17(23)9-14(15-10-20-13(3)21-11-15)6-5-7-22-12(2)8-16(19)18(22)24;;/h10-12,14,16H,4-9,19H2,1-3H3;2*1H. The number of esters is 1. The van der Waals surface area contributed by atoms with Gasteiger partial charge in [0.1, 0.15) is 5.82 Å². The number of likely N-dealkylation sites (tertiary alicyclic amines) is 1. The lowest BCUT2D eigenvalue weighted by Crippen LogP contribution is -2.36. The second-order valence-corrected chi connectivity index (χ2v) is 6.63. The molecular formula is C18H30Cl2N4O3. The van der Waals surface area contributed by atoms with Gasteiger partial charge >= 0.3 is 5.97 Å². The topological polar surface area (TPSA) is 98.4 Å². The fraction of sp³-hybridized carbons (Fsp3) is 0.667. The van der Waals surface area contributed by atoms with Crippen LogP contribution in [0, 0.1) is 6.92 Å². The quantitative estimate of drug-likeness (QED) is 0.648. The molecule has 0 spiro atoms. The van der Waals surface area contributed by atoms with Crippen molar-refractivity contribution in [2.75, 3.05) is 13.2 Å². The number of hydrogen-bond donors (Lipinski definition) is 1. The highest BCUT2D eigenvalue weighted by Crippen LogP contribution is 2.26. The molecule has 154 valence electrons. The van der Waals surface area contributed by atoms with Crippen LogP contribution in [0.15, 0.2) is 12.4 Å². The second kappa shape index (κ2) is 12.1. The molecule has 0 radical (unpaired) electrons. The summed E-state index contributed by atoms with van der Waals surface area (Å²) in [5.74, 6) is 0.485. The number of aromatic nitrogens is 2. The van der Waals surface area contributed by atoms with Crippen molar-refractivity contribution >= 4 is 36.7 Å². The van der Waals surface area contributed by atoms with E-state index in [0.717, 1.165) is 18.4 Å². The monoisotopic (exact) mass is 420 g/mol. The zero-order chi connectivity index (χ0) is 18.4. The minimum absolute atomic E-state index is 0. The summed E-state index contributed by atoms with van der Waals surface area (Å²) in [5.41, 5.74) is 6.75. The first-order chi connectivity index (χ1) is 11.9. The fourth-order valence-electron chi connectivity index (χ4n) is 3.29. The lowest BCUT2D eigenvalue weighted by Gasteiger charge is -2.23. The van der Waals surface area contributed by atoms with Crippen molar-refractivity contribution in [3.8, 4) is 0 Å². The van der Waals surface area contributed by atoms with Crippen LogP contribution in [0.5, 0.6) is 0 Å². The summed E-state index contributed by atoms with van der Waals surface area (Å²) < 4.78 is 5.08. The third kappa shape index (κ3) is 7.24. The van der Waals surface area contributed by atoms with E-state index in [4.69, 9.17) is 10.5 Å². The van der Waals surface area contributed by atoms with Crippen LogP contribution < -0.4 is 5.73 Å². The molecule has 9 heteroatoms. The van der Waals surface area contributed by atoms with Crippen LogP contribution in [0.1, 0.15) is 56.8 Å². The van der Waals surface area contributed by atoms with Crippen LogP contribution >= 0.6 is 24.8 Å². The normalized spacial score (nSPS) is 19.9. The van der Waals surface area contributed by atoms with Crippen LogP contribution in [-0.2, 0) is 14.3 Å². The molecule has 1 aliphatic rings. The molecule has 27 heavy (non-hydrogen) atoms. The largest absolute Gasteiger partial charge is 0.466 e. The molecule has 7 nitrogen and oxygen atoms in total. The third-order valence-corrected chi connectivity index (χ3v) is 4.67. The number of carbonyl (C=O) groups excluding carboxylic acids is 2. The van der Waals surface area contributed by atoms with Crippen molar-refractivity contribution in [2.24, 2.45) is 5.73 Å². The number of nitrogens with zero attached hydrogens (tertiary/aromatic N) is 3. The van der Waals surface area contributed by atoms with E-state index in [2.05, 4.69) is 9.97 Å². The van der Waals surface area contributed by atoms with Crippen LogP contribution in [-0.4, -0.2) is 52.0 Å². The first-order valence-electron chi connectivity index (χ1n) is 8.92. The number of rotatable bonds is 8. The zero-order valence-corrected chi connectivity index (χ0v) is 17.7. The Morgan fingerprint density at radius 2 is 2.00 bits per heavy atom. The molecule has 1 aromatic heterocycles. The van der Waals surface area contributed by atoms with E-state index >= 15 is 0 Å². The number of nitrogens with two attached hydrogens (primary N) is 1. The Morgan fingerprint density at radius 3 is 2.52 bits per heavy atom. The van der Waals surface area contributed by atoms with Crippen molar-refractivity contribution < 1.29 is 14.3 Å². The SMILES string of the molecule is CCOC(=O)CC(CCCN1C(=O)C(N)CC1C)c1cnc(C)nc1.Cl.Cl. The molecule has 2 heterocycles. The van der Waals surface area contributed by atoms with Gasteiger partial charge in [0.25, 0.3) is 0 Å². The molecule has 0 saturated carbocycles. The number of hydrogen-bond acceptors (Lipinski definition) is 6. The molecule has 2 rings (SSSR count). The van der Waals surface area contributed by atoms with E-state index in [0.29, 0.717) is 31.8 Å². The van der Waals surface area contributed by atoms with E-state index in [-0.39, 0.29) is 54.7 Å². The Hall–Kier alpha value is -1.44. The molecule has 3 unspecified atom stereocenters. The number of aryl methyl sites for hydroxylation is 1. The Kier molecular flexibility index (Phi) is 11.5. The number of ether oxygens (including phenoxy) is 1. The van der Waals surface area contributed by atoms with Gasteiger partial charge in [-0.05, 0) is 51.5 Å². The van der Waals surface area contributed by atoms with E-state index in [1.165, 1.54) is 0 Å². The summed E-state index contributed by atoms with van der Waals surface area (Å²) in [7, 11) is 0. The van der Waals surface area contributed by atoms with Gasteiger partial charge in [0.15, 0.2) is 0 Å². The summed E-state index contributed by atoms with van der Waals surface area (Å²) in [5, 5.41) is 0. The summed E-state index contributed by atoms with van der Waals surface area (Å²) in [6.07, 6.45) is 6.09.